The molecule has 1 unspecified atom stereocenters. The fraction of sp³-hybridized carbons (Fsp3) is 0.545. The van der Waals surface area contributed by atoms with Gasteiger partial charge in [-0.3, -0.25) is 4.79 Å². The Bertz CT molecular complexity index is 359. The number of amides is 1. The number of aromatic nitrogens is 1. The number of halogens is 1. The van der Waals surface area contributed by atoms with E-state index in [1.807, 2.05) is 0 Å². The zero-order valence-electron chi connectivity index (χ0n) is 8.96. The third kappa shape index (κ3) is 3.09. The SMILES string of the molecule is O=C(NCCC1CCOC1)c1cc(Br)c[nH]1. The standard InChI is InChI=1S/C11H15BrN2O2/c12-9-5-10(14-6-9)11(15)13-3-1-8-2-4-16-7-8/h5-6,8,14H,1-4,7H2,(H,13,15). The van der Waals surface area contributed by atoms with Crippen LogP contribution in [-0.2, 0) is 4.74 Å². The van der Waals surface area contributed by atoms with Crippen molar-refractivity contribution in [3.05, 3.63) is 22.4 Å². The lowest BCUT2D eigenvalue weighted by Gasteiger charge is -2.07. The van der Waals surface area contributed by atoms with Crippen molar-refractivity contribution in [3.63, 3.8) is 0 Å². The molecule has 88 valence electrons. The molecule has 0 aliphatic carbocycles. The number of hydrogen-bond acceptors (Lipinski definition) is 2. The number of carbonyl (C=O) groups is 1. The smallest absolute Gasteiger partial charge is 0.267 e. The summed E-state index contributed by atoms with van der Waals surface area (Å²) in [5.41, 5.74) is 0.592. The highest BCUT2D eigenvalue weighted by Crippen LogP contribution is 2.15. The van der Waals surface area contributed by atoms with Gasteiger partial charge in [0.15, 0.2) is 0 Å². The molecule has 0 saturated carbocycles. The van der Waals surface area contributed by atoms with Crippen molar-refractivity contribution in [1.82, 2.24) is 10.3 Å². The van der Waals surface area contributed by atoms with Gasteiger partial charge in [0.2, 0.25) is 0 Å². The van der Waals surface area contributed by atoms with Gasteiger partial charge in [-0.15, -0.1) is 0 Å². The molecule has 0 bridgehead atoms. The number of carbonyl (C=O) groups excluding carboxylic acids is 1. The number of ether oxygens (including phenoxy) is 1. The quantitative estimate of drug-likeness (QED) is 0.889. The Labute approximate surface area is 103 Å². The Balaban J connectivity index is 1.71. The van der Waals surface area contributed by atoms with Gasteiger partial charge in [0.1, 0.15) is 5.69 Å². The van der Waals surface area contributed by atoms with Gasteiger partial charge in [0, 0.05) is 30.4 Å². The second-order valence-corrected chi connectivity index (χ2v) is 4.92. The number of aromatic amines is 1. The molecule has 1 fully saturated rings. The van der Waals surface area contributed by atoms with Gasteiger partial charge in [-0.1, -0.05) is 0 Å². The maximum Gasteiger partial charge on any atom is 0.267 e. The Morgan fingerprint density at radius 3 is 3.19 bits per heavy atom. The Morgan fingerprint density at radius 2 is 2.56 bits per heavy atom. The molecule has 1 aliphatic rings. The van der Waals surface area contributed by atoms with Crippen LogP contribution in [0.25, 0.3) is 0 Å². The van der Waals surface area contributed by atoms with Gasteiger partial charge in [0.05, 0.1) is 0 Å². The monoisotopic (exact) mass is 286 g/mol. The van der Waals surface area contributed by atoms with Crippen LogP contribution in [0.2, 0.25) is 0 Å². The van der Waals surface area contributed by atoms with E-state index in [-0.39, 0.29) is 5.91 Å². The van der Waals surface area contributed by atoms with E-state index in [0.29, 0.717) is 18.2 Å². The predicted molar refractivity (Wildman–Crippen MR) is 64.4 cm³/mol. The second kappa shape index (κ2) is 5.50. The normalized spacial score (nSPS) is 19.9. The van der Waals surface area contributed by atoms with Crippen molar-refractivity contribution >= 4 is 21.8 Å². The van der Waals surface area contributed by atoms with E-state index in [9.17, 15) is 4.79 Å². The summed E-state index contributed by atoms with van der Waals surface area (Å²) < 4.78 is 6.17. The fourth-order valence-corrected chi connectivity index (χ4v) is 2.14. The third-order valence-electron chi connectivity index (χ3n) is 2.75. The highest BCUT2D eigenvalue weighted by atomic mass is 79.9. The molecular formula is C11H15BrN2O2. The van der Waals surface area contributed by atoms with E-state index >= 15 is 0 Å². The van der Waals surface area contributed by atoms with Crippen LogP contribution in [-0.4, -0.2) is 30.6 Å². The van der Waals surface area contributed by atoms with Gasteiger partial charge in [-0.05, 0) is 40.8 Å². The van der Waals surface area contributed by atoms with Gasteiger partial charge in [-0.2, -0.15) is 0 Å². The molecule has 1 aliphatic heterocycles. The molecule has 0 aromatic carbocycles. The molecule has 2 rings (SSSR count). The Hall–Kier alpha value is -0.810. The zero-order valence-corrected chi connectivity index (χ0v) is 10.5. The van der Waals surface area contributed by atoms with E-state index in [4.69, 9.17) is 4.74 Å². The third-order valence-corrected chi connectivity index (χ3v) is 3.21. The molecule has 1 aromatic heterocycles. The molecule has 2 N–H and O–H groups in total. The maximum atomic E-state index is 11.6. The van der Waals surface area contributed by atoms with Crippen LogP contribution >= 0.6 is 15.9 Å². The minimum Gasteiger partial charge on any atom is -0.381 e. The Kier molecular flexibility index (Phi) is 4.01. The minimum atomic E-state index is -0.0513. The average molecular weight is 287 g/mol. The van der Waals surface area contributed by atoms with Gasteiger partial charge >= 0.3 is 0 Å². The number of nitrogens with one attached hydrogen (secondary N) is 2. The first-order valence-electron chi connectivity index (χ1n) is 5.45. The Morgan fingerprint density at radius 1 is 1.69 bits per heavy atom. The highest BCUT2D eigenvalue weighted by Gasteiger charge is 2.15. The summed E-state index contributed by atoms with van der Waals surface area (Å²) in [7, 11) is 0. The second-order valence-electron chi connectivity index (χ2n) is 4.01. The van der Waals surface area contributed by atoms with Crippen LogP contribution in [0.5, 0.6) is 0 Å². The predicted octanol–water partition coefficient (Wildman–Crippen LogP) is 1.93. The molecule has 1 aromatic rings. The summed E-state index contributed by atoms with van der Waals surface area (Å²) in [6, 6.07) is 1.77. The molecule has 4 nitrogen and oxygen atoms in total. The molecular weight excluding hydrogens is 272 g/mol. The minimum absolute atomic E-state index is 0.0513. The summed E-state index contributed by atoms with van der Waals surface area (Å²) in [6.07, 6.45) is 3.86. The first-order valence-corrected chi connectivity index (χ1v) is 6.25. The zero-order chi connectivity index (χ0) is 11.4. The van der Waals surface area contributed by atoms with Crippen molar-refractivity contribution in [1.29, 1.82) is 0 Å². The topological polar surface area (TPSA) is 54.1 Å². The van der Waals surface area contributed by atoms with E-state index in [1.54, 1.807) is 12.3 Å². The summed E-state index contributed by atoms with van der Waals surface area (Å²) in [6.45, 7) is 2.41. The molecule has 1 saturated heterocycles. The fourth-order valence-electron chi connectivity index (χ4n) is 1.80. The van der Waals surface area contributed by atoms with E-state index in [1.165, 1.54) is 0 Å². The van der Waals surface area contributed by atoms with Crippen LogP contribution in [0, 0.1) is 5.92 Å². The largest absolute Gasteiger partial charge is 0.381 e. The average Bonchev–Trinajstić information content (AvgIpc) is 2.89. The number of H-pyrrole nitrogens is 1. The lowest BCUT2D eigenvalue weighted by atomic mass is 10.1. The first-order chi connectivity index (χ1) is 7.75. The van der Waals surface area contributed by atoms with Crippen LogP contribution < -0.4 is 5.32 Å². The highest BCUT2D eigenvalue weighted by molar-refractivity contribution is 9.10. The summed E-state index contributed by atoms with van der Waals surface area (Å²) in [5.74, 6) is 0.556. The molecule has 2 heterocycles. The number of rotatable bonds is 4. The number of hydrogen-bond donors (Lipinski definition) is 2. The molecule has 1 atom stereocenters. The van der Waals surface area contributed by atoms with Crippen molar-refractivity contribution in [2.45, 2.75) is 12.8 Å². The van der Waals surface area contributed by atoms with Crippen molar-refractivity contribution in [2.75, 3.05) is 19.8 Å². The maximum absolute atomic E-state index is 11.6. The van der Waals surface area contributed by atoms with Crippen LogP contribution in [0.3, 0.4) is 0 Å². The van der Waals surface area contributed by atoms with Gasteiger partial charge in [-0.25, -0.2) is 0 Å². The molecule has 0 radical (unpaired) electrons. The van der Waals surface area contributed by atoms with E-state index in [0.717, 1.165) is 30.5 Å². The van der Waals surface area contributed by atoms with Gasteiger partial charge in [0.25, 0.3) is 5.91 Å². The van der Waals surface area contributed by atoms with Crippen molar-refractivity contribution < 1.29 is 9.53 Å². The lowest BCUT2D eigenvalue weighted by Crippen LogP contribution is -2.26. The first kappa shape index (κ1) is 11.7. The molecule has 1 amide bonds. The summed E-state index contributed by atoms with van der Waals surface area (Å²) in [4.78, 5) is 14.5. The molecule has 0 spiro atoms. The summed E-state index contributed by atoms with van der Waals surface area (Å²) in [5, 5.41) is 2.89. The van der Waals surface area contributed by atoms with Crippen LogP contribution in [0.1, 0.15) is 23.3 Å². The molecule has 16 heavy (non-hydrogen) atoms. The van der Waals surface area contributed by atoms with E-state index in [2.05, 4.69) is 26.2 Å². The van der Waals surface area contributed by atoms with E-state index < -0.39 is 0 Å². The van der Waals surface area contributed by atoms with Crippen molar-refractivity contribution in [2.24, 2.45) is 5.92 Å². The van der Waals surface area contributed by atoms with Crippen molar-refractivity contribution in [3.8, 4) is 0 Å². The lowest BCUT2D eigenvalue weighted by molar-refractivity contribution is 0.0946. The van der Waals surface area contributed by atoms with Gasteiger partial charge < -0.3 is 15.0 Å². The molecule has 5 heteroatoms. The van der Waals surface area contributed by atoms with Crippen LogP contribution in [0.15, 0.2) is 16.7 Å². The van der Waals surface area contributed by atoms with Crippen LogP contribution in [0.4, 0.5) is 0 Å². The summed E-state index contributed by atoms with van der Waals surface area (Å²) >= 11 is 3.29.